The SMILES string of the molecule is CCCCOC(=O)c1ccc(C2CCCCC2)c(C2CCCCC2)c1C(=O)OCCCC. The van der Waals surface area contributed by atoms with Gasteiger partial charge in [-0.3, -0.25) is 0 Å². The molecule has 0 bridgehead atoms. The number of carbonyl (C=O) groups excluding carboxylic acids is 2. The third kappa shape index (κ3) is 6.36. The van der Waals surface area contributed by atoms with Gasteiger partial charge in [0.05, 0.1) is 24.3 Å². The predicted molar refractivity (Wildman–Crippen MR) is 128 cm³/mol. The second-order valence-electron chi connectivity index (χ2n) is 9.64. The van der Waals surface area contributed by atoms with E-state index in [4.69, 9.17) is 9.47 Å². The molecule has 1 aromatic carbocycles. The summed E-state index contributed by atoms with van der Waals surface area (Å²) in [5, 5.41) is 0. The van der Waals surface area contributed by atoms with Gasteiger partial charge in [0.2, 0.25) is 0 Å². The first-order valence-electron chi connectivity index (χ1n) is 13.2. The van der Waals surface area contributed by atoms with E-state index in [-0.39, 0.29) is 11.9 Å². The fourth-order valence-electron chi connectivity index (χ4n) is 5.39. The van der Waals surface area contributed by atoms with Crippen LogP contribution in [0.2, 0.25) is 0 Å². The Morgan fingerprint density at radius 2 is 1.28 bits per heavy atom. The van der Waals surface area contributed by atoms with Crippen LogP contribution in [0.3, 0.4) is 0 Å². The topological polar surface area (TPSA) is 52.6 Å². The van der Waals surface area contributed by atoms with Gasteiger partial charge in [0.15, 0.2) is 0 Å². The van der Waals surface area contributed by atoms with Crippen LogP contribution in [0.4, 0.5) is 0 Å². The van der Waals surface area contributed by atoms with Crippen LogP contribution < -0.4 is 0 Å². The maximum atomic E-state index is 13.4. The standard InChI is InChI=1S/C28H42O4/c1-3-5-19-31-27(29)24-18-17-23(21-13-9-7-10-14-21)25(22-15-11-8-12-16-22)26(24)28(30)32-20-6-4-2/h17-18,21-22H,3-16,19-20H2,1-2H3. The Balaban J connectivity index is 2.05. The van der Waals surface area contributed by atoms with Gasteiger partial charge in [-0.2, -0.15) is 0 Å². The Bertz CT molecular complexity index is 742. The zero-order chi connectivity index (χ0) is 22.8. The first-order valence-corrected chi connectivity index (χ1v) is 13.2. The van der Waals surface area contributed by atoms with Gasteiger partial charge >= 0.3 is 11.9 Å². The van der Waals surface area contributed by atoms with Crippen molar-refractivity contribution in [2.45, 2.75) is 116 Å². The lowest BCUT2D eigenvalue weighted by Gasteiger charge is -2.31. The molecule has 0 spiro atoms. The normalized spacial score (nSPS) is 17.8. The lowest BCUT2D eigenvalue weighted by molar-refractivity contribution is 0.0450. The first kappa shape index (κ1) is 24.8. The minimum Gasteiger partial charge on any atom is -0.462 e. The lowest BCUT2D eigenvalue weighted by atomic mass is 9.73. The van der Waals surface area contributed by atoms with E-state index >= 15 is 0 Å². The molecule has 32 heavy (non-hydrogen) atoms. The molecule has 0 radical (unpaired) electrons. The molecule has 0 N–H and O–H groups in total. The highest BCUT2D eigenvalue weighted by Gasteiger charge is 2.32. The van der Waals surface area contributed by atoms with E-state index in [0.717, 1.165) is 44.1 Å². The van der Waals surface area contributed by atoms with Crippen LogP contribution in [0.25, 0.3) is 0 Å². The summed E-state index contributed by atoms with van der Waals surface area (Å²) in [6.45, 7) is 4.95. The Morgan fingerprint density at radius 3 is 1.84 bits per heavy atom. The number of rotatable bonds is 10. The number of benzene rings is 1. The monoisotopic (exact) mass is 442 g/mol. The van der Waals surface area contributed by atoms with E-state index in [2.05, 4.69) is 19.9 Å². The molecule has 3 rings (SSSR count). The molecule has 2 aliphatic carbocycles. The molecule has 1 aromatic rings. The highest BCUT2D eigenvalue weighted by atomic mass is 16.5. The van der Waals surface area contributed by atoms with Crippen LogP contribution in [0.15, 0.2) is 12.1 Å². The molecular formula is C28H42O4. The van der Waals surface area contributed by atoms with Gasteiger partial charge < -0.3 is 9.47 Å². The quantitative estimate of drug-likeness (QED) is 0.275. The Labute approximate surface area is 194 Å². The van der Waals surface area contributed by atoms with E-state index in [1.54, 1.807) is 0 Å². The highest BCUT2D eigenvalue weighted by Crippen LogP contribution is 2.43. The van der Waals surface area contributed by atoms with E-state index in [1.807, 2.05) is 6.07 Å². The maximum Gasteiger partial charge on any atom is 0.339 e. The predicted octanol–water partition coefficient (Wildman–Crippen LogP) is 7.70. The summed E-state index contributed by atoms with van der Waals surface area (Å²) in [5.74, 6) is 0.0955. The fraction of sp³-hybridized carbons (Fsp3) is 0.714. The molecule has 0 atom stereocenters. The van der Waals surface area contributed by atoms with Crippen LogP contribution in [0.5, 0.6) is 0 Å². The van der Waals surface area contributed by atoms with Crippen LogP contribution in [0, 0.1) is 0 Å². The van der Waals surface area contributed by atoms with Gasteiger partial charge in [-0.15, -0.1) is 0 Å². The van der Waals surface area contributed by atoms with Crippen molar-refractivity contribution < 1.29 is 19.1 Å². The Hall–Kier alpha value is -1.84. The van der Waals surface area contributed by atoms with Gasteiger partial charge in [-0.1, -0.05) is 71.3 Å². The van der Waals surface area contributed by atoms with Gasteiger partial charge in [-0.25, -0.2) is 9.59 Å². The van der Waals surface area contributed by atoms with Gasteiger partial charge in [-0.05, 0) is 67.6 Å². The third-order valence-corrected chi connectivity index (χ3v) is 7.22. The Kier molecular flexibility index (Phi) is 10.1. The molecule has 4 nitrogen and oxygen atoms in total. The number of unbranched alkanes of at least 4 members (excludes halogenated alkanes) is 2. The zero-order valence-electron chi connectivity index (χ0n) is 20.3. The fourth-order valence-corrected chi connectivity index (χ4v) is 5.39. The molecule has 0 amide bonds. The third-order valence-electron chi connectivity index (χ3n) is 7.22. The molecule has 178 valence electrons. The molecule has 2 aliphatic rings. The van der Waals surface area contributed by atoms with Crippen molar-refractivity contribution in [3.63, 3.8) is 0 Å². The largest absolute Gasteiger partial charge is 0.462 e. The van der Waals surface area contributed by atoms with Crippen molar-refractivity contribution in [3.8, 4) is 0 Å². The lowest BCUT2D eigenvalue weighted by Crippen LogP contribution is -2.22. The van der Waals surface area contributed by atoms with Crippen molar-refractivity contribution in [2.24, 2.45) is 0 Å². The number of ether oxygens (including phenoxy) is 2. The molecule has 0 heterocycles. The summed E-state index contributed by atoms with van der Waals surface area (Å²) in [6, 6.07) is 3.99. The molecule has 0 aliphatic heterocycles. The molecule has 2 fully saturated rings. The summed E-state index contributed by atoms with van der Waals surface area (Å²) in [7, 11) is 0. The van der Waals surface area contributed by atoms with Gasteiger partial charge in [0.1, 0.15) is 0 Å². The van der Waals surface area contributed by atoms with Crippen molar-refractivity contribution >= 4 is 11.9 Å². The summed E-state index contributed by atoms with van der Waals surface area (Å²) in [6.07, 6.45) is 15.5. The summed E-state index contributed by atoms with van der Waals surface area (Å²) in [5.41, 5.74) is 3.33. The number of hydrogen-bond donors (Lipinski definition) is 0. The minimum atomic E-state index is -0.381. The van der Waals surface area contributed by atoms with Crippen molar-refractivity contribution in [2.75, 3.05) is 13.2 Å². The molecule has 4 heteroatoms. The van der Waals surface area contributed by atoms with E-state index in [1.165, 1.54) is 56.9 Å². The molecule has 0 aromatic heterocycles. The summed E-state index contributed by atoms with van der Waals surface area (Å²) < 4.78 is 11.3. The molecular weight excluding hydrogens is 400 g/mol. The Morgan fingerprint density at radius 1 is 0.750 bits per heavy atom. The highest BCUT2D eigenvalue weighted by molar-refractivity contribution is 6.04. The van der Waals surface area contributed by atoms with Crippen LogP contribution in [-0.2, 0) is 9.47 Å². The van der Waals surface area contributed by atoms with Crippen molar-refractivity contribution in [1.82, 2.24) is 0 Å². The molecule has 0 saturated heterocycles. The molecule has 2 saturated carbocycles. The average molecular weight is 443 g/mol. The molecule has 0 unspecified atom stereocenters. The first-order chi connectivity index (χ1) is 15.7. The average Bonchev–Trinajstić information content (AvgIpc) is 2.84. The van der Waals surface area contributed by atoms with Crippen LogP contribution >= 0.6 is 0 Å². The van der Waals surface area contributed by atoms with Gasteiger partial charge in [0, 0.05) is 0 Å². The van der Waals surface area contributed by atoms with E-state index < -0.39 is 0 Å². The summed E-state index contributed by atoms with van der Waals surface area (Å²) >= 11 is 0. The number of esters is 2. The number of carbonyl (C=O) groups is 2. The number of hydrogen-bond acceptors (Lipinski definition) is 4. The second kappa shape index (κ2) is 13.0. The van der Waals surface area contributed by atoms with Crippen molar-refractivity contribution in [1.29, 1.82) is 0 Å². The zero-order valence-corrected chi connectivity index (χ0v) is 20.3. The minimum absolute atomic E-state index is 0.331. The maximum absolute atomic E-state index is 13.4. The van der Waals surface area contributed by atoms with Crippen molar-refractivity contribution in [3.05, 3.63) is 34.4 Å². The summed E-state index contributed by atoms with van der Waals surface area (Å²) in [4.78, 5) is 26.5. The van der Waals surface area contributed by atoms with E-state index in [9.17, 15) is 9.59 Å². The van der Waals surface area contributed by atoms with Crippen LogP contribution in [0.1, 0.15) is 147 Å². The second-order valence-corrected chi connectivity index (χ2v) is 9.64. The van der Waals surface area contributed by atoms with Gasteiger partial charge in [0.25, 0.3) is 0 Å². The van der Waals surface area contributed by atoms with Crippen LogP contribution in [-0.4, -0.2) is 25.2 Å². The smallest absolute Gasteiger partial charge is 0.339 e. The van der Waals surface area contributed by atoms with E-state index in [0.29, 0.717) is 36.2 Å².